The Bertz CT molecular complexity index is 4230. The van der Waals surface area contributed by atoms with Crippen LogP contribution >= 0.6 is 22.7 Å². The van der Waals surface area contributed by atoms with Crippen molar-refractivity contribution in [2.24, 2.45) is 11.3 Å². The maximum absolute atomic E-state index is 15.2. The van der Waals surface area contributed by atoms with Crippen LogP contribution in [0, 0.1) is 35.9 Å². The fourth-order valence-corrected chi connectivity index (χ4v) is 14.7. The van der Waals surface area contributed by atoms with Crippen LogP contribution in [0.25, 0.3) is 20.7 Å². The quantitative estimate of drug-likeness (QED) is 0.0343. The van der Waals surface area contributed by atoms with Crippen molar-refractivity contribution in [2.45, 2.75) is 103 Å². The van der Waals surface area contributed by atoms with Crippen LogP contribution in [-0.4, -0.2) is 152 Å². The topological polar surface area (TPSA) is 257 Å². The van der Waals surface area contributed by atoms with E-state index in [1.165, 1.54) is 33.3 Å². The van der Waals surface area contributed by atoms with E-state index in [9.17, 15) is 39.0 Å². The Morgan fingerprint density at radius 2 is 1.71 bits per heavy atom. The minimum absolute atomic E-state index is 0.0261. The number of halogens is 1. The molecule has 4 aliphatic rings. The Morgan fingerprint density at radius 3 is 2.46 bits per heavy atom. The van der Waals surface area contributed by atoms with E-state index < -0.39 is 29.9 Å². The number of aromatic carboxylic acids is 1. The molecule has 4 N–H and O–H groups in total. The minimum atomic E-state index is -1.17. The second-order valence-corrected chi connectivity index (χ2v) is 27.3. The summed E-state index contributed by atoms with van der Waals surface area (Å²) >= 11 is 2.98. The molecule has 8 heterocycles. The van der Waals surface area contributed by atoms with E-state index in [2.05, 4.69) is 47.5 Å². The van der Waals surface area contributed by atoms with Crippen molar-refractivity contribution in [3.63, 3.8) is 0 Å². The number of para-hydroxylation sites is 1. The highest BCUT2D eigenvalue weighted by Crippen LogP contribution is 2.43. The van der Waals surface area contributed by atoms with Crippen molar-refractivity contribution in [1.29, 1.82) is 0 Å². The molecule has 1 spiro atoms. The van der Waals surface area contributed by atoms with Gasteiger partial charge in [-0.05, 0) is 115 Å². The number of thiazole rings is 2. The summed E-state index contributed by atoms with van der Waals surface area (Å²) in [5.74, 6) is 3.66. The van der Waals surface area contributed by atoms with Gasteiger partial charge in [0.2, 0.25) is 23.6 Å². The van der Waals surface area contributed by atoms with Crippen LogP contribution in [0.4, 0.5) is 21.2 Å². The standard InChI is InChI=1S/C71H74FN11O10S2/c1-43(2)63(68(89)83-36-50(84)33-55(83)67(88)73-35-46-20-23-49(24-21-46)65-44(3)74-42-94-65)57-34-60(78-93-57)81-38-71(39-81)40-82(41-71)62(86)19-8-7-18-61(85)79(4)29-10-12-45-22-26-56(53(72)32-45)92-31-11-14-48-25-27-59(76-64(48)69(90)91)80-30-28-47-13-9-15-51(52(47)37-80)66(87)77-70-75-54-16-5-6-17-58(54)95-70/h5-6,9,13,15-17,20-27,32,34,42-43,50,55,63,84H,7-8,11,14,18-19,28-31,33,35-41H2,1-4H3,(H,73,88)(H,90,91)(H,75,77,87)/t50-,55+,63+/m1/s1. The molecule has 95 heavy (non-hydrogen) atoms. The molecule has 12 rings (SSSR count). The number of ether oxygens (including phenoxy) is 1. The highest BCUT2D eigenvalue weighted by molar-refractivity contribution is 7.22. The summed E-state index contributed by atoms with van der Waals surface area (Å²) in [6, 6.07) is 30.1. The van der Waals surface area contributed by atoms with Crippen LogP contribution in [0.2, 0.25) is 0 Å². The van der Waals surface area contributed by atoms with Gasteiger partial charge in [-0.15, -0.1) is 11.3 Å². The summed E-state index contributed by atoms with van der Waals surface area (Å²) < 4.78 is 27.8. The number of β-amino-alcohol motifs (C(OH)–C–C–N with tert-alkyl or cyclic N) is 1. The largest absolute Gasteiger partial charge is 0.491 e. The van der Waals surface area contributed by atoms with Gasteiger partial charge in [0.1, 0.15) is 17.8 Å². The Hall–Kier alpha value is -9.57. The molecule has 24 heteroatoms. The number of carbonyl (C=O) groups excluding carboxylic acids is 5. The van der Waals surface area contributed by atoms with E-state index >= 15 is 4.39 Å². The third kappa shape index (κ3) is 14.9. The zero-order valence-electron chi connectivity index (χ0n) is 53.3. The number of pyridine rings is 1. The Balaban J connectivity index is 0.533. The third-order valence-corrected chi connectivity index (χ3v) is 20.1. The number of nitrogens with zero attached hydrogens (tertiary/aromatic N) is 9. The molecule has 0 radical (unpaired) electrons. The molecule has 0 bridgehead atoms. The van der Waals surface area contributed by atoms with Crippen LogP contribution in [0.5, 0.6) is 5.75 Å². The van der Waals surface area contributed by atoms with E-state index in [0.29, 0.717) is 117 Å². The summed E-state index contributed by atoms with van der Waals surface area (Å²) in [6.45, 7) is 9.85. The van der Waals surface area contributed by atoms with Gasteiger partial charge in [-0.1, -0.05) is 96.8 Å². The van der Waals surface area contributed by atoms with Gasteiger partial charge < -0.3 is 49.3 Å². The maximum atomic E-state index is 15.2. The molecule has 4 aliphatic heterocycles. The van der Waals surface area contributed by atoms with E-state index in [-0.39, 0.29) is 91.4 Å². The second-order valence-electron chi connectivity index (χ2n) is 25.4. The monoisotopic (exact) mass is 1320 g/mol. The summed E-state index contributed by atoms with van der Waals surface area (Å²) in [6.07, 6.45) is 2.29. The number of rotatable bonds is 23. The van der Waals surface area contributed by atoms with Crippen molar-refractivity contribution in [3.8, 4) is 28.0 Å². The lowest BCUT2D eigenvalue weighted by atomic mass is 9.72. The van der Waals surface area contributed by atoms with Gasteiger partial charge in [-0.25, -0.2) is 24.1 Å². The lowest BCUT2D eigenvalue weighted by Crippen LogP contribution is -2.73. The van der Waals surface area contributed by atoms with Gasteiger partial charge >= 0.3 is 5.97 Å². The summed E-state index contributed by atoms with van der Waals surface area (Å²) in [5, 5.41) is 31.7. The van der Waals surface area contributed by atoms with Crippen molar-refractivity contribution in [3.05, 3.63) is 165 Å². The number of benzene rings is 4. The number of likely N-dealkylation sites (tertiary alicyclic amines) is 2. The molecule has 5 amide bonds. The van der Waals surface area contributed by atoms with E-state index in [4.69, 9.17) is 9.26 Å². The predicted molar refractivity (Wildman–Crippen MR) is 359 cm³/mol. The number of fused-ring (bicyclic) bond motifs is 2. The molecule has 21 nitrogen and oxygen atoms in total. The van der Waals surface area contributed by atoms with Crippen molar-refractivity contribution < 1.29 is 52.6 Å². The van der Waals surface area contributed by atoms with Crippen LogP contribution < -0.4 is 25.2 Å². The molecule has 0 aliphatic carbocycles. The third-order valence-electron chi connectivity index (χ3n) is 18.1. The van der Waals surface area contributed by atoms with E-state index in [1.807, 2.05) is 96.7 Å². The molecular formula is C71H74FN11O10S2. The average molecular weight is 1320 g/mol. The molecule has 3 atom stereocenters. The Labute approximate surface area is 557 Å². The first-order valence-corrected chi connectivity index (χ1v) is 33.7. The molecule has 492 valence electrons. The fourth-order valence-electron chi connectivity index (χ4n) is 13.0. The molecule has 3 saturated heterocycles. The van der Waals surface area contributed by atoms with Crippen molar-refractivity contribution >= 4 is 85.2 Å². The first kappa shape index (κ1) is 65.5. The van der Waals surface area contributed by atoms with Crippen LogP contribution in [0.3, 0.4) is 0 Å². The number of nitrogens with one attached hydrogen (secondary N) is 2. The summed E-state index contributed by atoms with van der Waals surface area (Å²) in [5.41, 5.74) is 8.72. The number of amides is 5. The molecule has 8 aromatic rings. The normalized spacial score (nSPS) is 16.6. The molecule has 3 fully saturated rings. The smallest absolute Gasteiger partial charge is 0.354 e. The zero-order chi connectivity index (χ0) is 66.5. The first-order valence-electron chi connectivity index (χ1n) is 32.0. The van der Waals surface area contributed by atoms with Crippen molar-refractivity contribution in [2.75, 3.05) is 74.6 Å². The lowest BCUT2D eigenvalue weighted by molar-refractivity contribution is -0.145. The Kier molecular flexibility index (Phi) is 19.7. The first-order chi connectivity index (χ1) is 45.8. The number of hydrogen-bond acceptors (Lipinski definition) is 17. The van der Waals surface area contributed by atoms with Gasteiger partial charge in [0.25, 0.3) is 5.91 Å². The maximum Gasteiger partial charge on any atom is 0.354 e. The fraction of sp³-hybridized carbons (Fsp3) is 0.380. The number of aryl methyl sites for hydroxylation is 2. The van der Waals surface area contributed by atoms with Crippen molar-refractivity contribution in [1.82, 2.24) is 40.1 Å². The van der Waals surface area contributed by atoms with Gasteiger partial charge in [-0.2, -0.15) is 0 Å². The summed E-state index contributed by atoms with van der Waals surface area (Å²) in [4.78, 5) is 104. The molecular weight excluding hydrogens is 1250 g/mol. The van der Waals surface area contributed by atoms with E-state index in [1.54, 1.807) is 48.7 Å². The number of carbonyl (C=O) groups is 6. The molecule has 0 unspecified atom stereocenters. The number of carboxylic acids is 1. The number of hydrogen-bond donors (Lipinski definition) is 4. The van der Waals surface area contributed by atoms with Crippen LogP contribution in [-0.2, 0) is 45.1 Å². The number of carboxylic acid groups (broad SMARTS) is 1. The minimum Gasteiger partial charge on any atom is -0.491 e. The number of aromatic nitrogens is 4. The summed E-state index contributed by atoms with van der Waals surface area (Å²) in [7, 11) is 1.65. The van der Waals surface area contributed by atoms with Crippen LogP contribution in [0.1, 0.15) is 118 Å². The molecule has 4 aromatic carbocycles. The van der Waals surface area contributed by atoms with Gasteiger partial charge in [0.05, 0.1) is 45.6 Å². The van der Waals surface area contributed by atoms with Gasteiger partial charge in [0.15, 0.2) is 34.0 Å². The lowest BCUT2D eigenvalue weighted by Gasteiger charge is -2.60. The number of anilines is 3. The number of aliphatic hydroxyl groups excluding tert-OH is 1. The highest BCUT2D eigenvalue weighted by Gasteiger charge is 2.54. The number of unbranched alkanes of at least 4 members (excludes halogenated alkanes) is 1. The average Bonchev–Trinajstić information content (AvgIpc) is 1.39. The second kappa shape index (κ2) is 28.6. The molecule has 4 aromatic heterocycles. The van der Waals surface area contributed by atoms with Gasteiger partial charge in [-0.3, -0.25) is 29.3 Å². The highest BCUT2D eigenvalue weighted by atomic mass is 32.1. The predicted octanol–water partition coefficient (Wildman–Crippen LogP) is 9.51. The Morgan fingerprint density at radius 1 is 0.905 bits per heavy atom. The molecule has 0 saturated carbocycles. The van der Waals surface area contributed by atoms with E-state index in [0.717, 1.165) is 43.0 Å². The van der Waals surface area contributed by atoms with Crippen LogP contribution in [0.15, 0.2) is 113 Å². The number of aliphatic hydroxyl groups is 1. The SMILES string of the molecule is Cc1ncsc1-c1ccc(CNC(=O)[C@@H]2C[C@@H](O)CN2C(=O)[C@H](c2cc(N3CC4(CN(C(=O)CCCCC(=O)N(C)CC#Cc5ccc(OCCCc6ccc(N7CCc8cccc(C(=O)Nc9nc%10ccccc%10s9)c8C7)nc6C(=O)O)c(F)c5)C4)C3)no2)C(C)C)cc1. The zero-order valence-corrected chi connectivity index (χ0v) is 54.9. The van der Waals surface area contributed by atoms with Gasteiger partial charge in [0, 0.05) is 101 Å².